The molecule has 1 heterocycles. The van der Waals surface area contributed by atoms with Gasteiger partial charge in [0, 0.05) is 11.4 Å². The van der Waals surface area contributed by atoms with Crippen LogP contribution in [0, 0.1) is 17.0 Å². The Morgan fingerprint density at radius 1 is 1.52 bits per heavy atom. The lowest BCUT2D eigenvalue weighted by molar-refractivity contribution is -0.384. The molecule has 0 aliphatic heterocycles. The number of anilines is 1. The van der Waals surface area contributed by atoms with Gasteiger partial charge in [0.2, 0.25) is 0 Å². The van der Waals surface area contributed by atoms with Crippen molar-refractivity contribution in [2.75, 3.05) is 12.4 Å². The average Bonchev–Trinajstić information content (AvgIpc) is 2.89. The fourth-order valence-corrected chi connectivity index (χ4v) is 2.37. The van der Waals surface area contributed by atoms with Crippen LogP contribution in [-0.2, 0) is 11.3 Å². The largest absolute Gasteiger partial charge is 0.465 e. The molecule has 0 amide bonds. The molecule has 1 N–H and O–H groups in total. The smallest absolute Gasteiger partial charge is 0.337 e. The predicted octanol–water partition coefficient (Wildman–Crippen LogP) is 2.76. The molecule has 0 unspecified atom stereocenters. The highest BCUT2D eigenvalue weighted by Gasteiger charge is 2.17. The Labute approximate surface area is 124 Å². The van der Waals surface area contributed by atoms with Gasteiger partial charge in [-0.25, -0.2) is 9.78 Å². The van der Waals surface area contributed by atoms with Crippen molar-refractivity contribution in [3.05, 3.63) is 50.0 Å². The van der Waals surface area contributed by atoms with Crippen LogP contribution in [0.15, 0.2) is 23.6 Å². The highest BCUT2D eigenvalue weighted by molar-refractivity contribution is 7.09. The second kappa shape index (κ2) is 6.31. The minimum atomic E-state index is -0.544. The maximum Gasteiger partial charge on any atom is 0.337 e. The van der Waals surface area contributed by atoms with E-state index in [1.54, 1.807) is 0 Å². The number of carbonyl (C=O) groups excluding carboxylic acids is 1. The number of methoxy groups -OCH3 is 1. The summed E-state index contributed by atoms with van der Waals surface area (Å²) in [7, 11) is 1.26. The van der Waals surface area contributed by atoms with Crippen molar-refractivity contribution in [3.8, 4) is 0 Å². The van der Waals surface area contributed by atoms with Crippen LogP contribution in [-0.4, -0.2) is 23.0 Å². The van der Waals surface area contributed by atoms with Gasteiger partial charge >= 0.3 is 5.97 Å². The SMILES string of the molecule is COC(=O)c1ccc([N+](=O)[O-])c(NCc2csc(C)n2)c1. The summed E-state index contributed by atoms with van der Waals surface area (Å²) in [5.41, 5.74) is 1.19. The summed E-state index contributed by atoms with van der Waals surface area (Å²) in [5.74, 6) is -0.544. The predicted molar refractivity (Wildman–Crippen MR) is 78.6 cm³/mol. The first-order chi connectivity index (χ1) is 10.0. The van der Waals surface area contributed by atoms with Crippen LogP contribution in [0.25, 0.3) is 0 Å². The van der Waals surface area contributed by atoms with Crippen molar-refractivity contribution >= 4 is 28.7 Å². The highest BCUT2D eigenvalue weighted by atomic mass is 32.1. The summed E-state index contributed by atoms with van der Waals surface area (Å²) >= 11 is 1.50. The molecular weight excluding hydrogens is 294 g/mol. The zero-order chi connectivity index (χ0) is 15.4. The molecule has 1 aromatic heterocycles. The molecule has 7 nitrogen and oxygen atoms in total. The summed E-state index contributed by atoms with van der Waals surface area (Å²) in [6, 6.07) is 4.05. The van der Waals surface area contributed by atoms with Gasteiger partial charge in [-0.1, -0.05) is 0 Å². The number of esters is 1. The van der Waals surface area contributed by atoms with Crippen molar-refractivity contribution in [2.45, 2.75) is 13.5 Å². The van der Waals surface area contributed by atoms with Crippen molar-refractivity contribution < 1.29 is 14.5 Å². The van der Waals surface area contributed by atoms with E-state index in [0.717, 1.165) is 10.7 Å². The molecular formula is C13H13N3O4S. The van der Waals surface area contributed by atoms with E-state index in [-0.39, 0.29) is 16.9 Å². The molecule has 110 valence electrons. The average molecular weight is 307 g/mol. The van der Waals surface area contributed by atoms with E-state index in [0.29, 0.717) is 6.54 Å². The Kier molecular flexibility index (Phi) is 4.49. The number of nitro groups is 1. The molecule has 0 bridgehead atoms. The van der Waals surface area contributed by atoms with Gasteiger partial charge in [-0.05, 0) is 19.1 Å². The zero-order valence-corrected chi connectivity index (χ0v) is 12.3. The molecule has 0 aliphatic carbocycles. The second-order valence-electron chi connectivity index (χ2n) is 4.19. The van der Waals surface area contributed by atoms with Crippen LogP contribution >= 0.6 is 11.3 Å². The van der Waals surface area contributed by atoms with E-state index < -0.39 is 10.9 Å². The number of nitro benzene ring substituents is 1. The number of hydrogen-bond donors (Lipinski definition) is 1. The second-order valence-corrected chi connectivity index (χ2v) is 5.25. The van der Waals surface area contributed by atoms with E-state index in [9.17, 15) is 14.9 Å². The first-order valence-corrected chi connectivity index (χ1v) is 6.91. The number of nitrogens with zero attached hydrogens (tertiary/aromatic N) is 2. The molecule has 2 rings (SSSR count). The van der Waals surface area contributed by atoms with E-state index in [2.05, 4.69) is 15.0 Å². The van der Waals surface area contributed by atoms with Gasteiger partial charge < -0.3 is 10.1 Å². The van der Waals surface area contributed by atoms with Crippen LogP contribution in [0.3, 0.4) is 0 Å². The molecule has 0 radical (unpaired) electrons. The van der Waals surface area contributed by atoms with Crippen molar-refractivity contribution in [1.29, 1.82) is 0 Å². The van der Waals surface area contributed by atoms with Crippen LogP contribution in [0.2, 0.25) is 0 Å². The molecule has 0 fully saturated rings. The molecule has 0 aliphatic rings. The molecule has 1 aromatic carbocycles. The lowest BCUT2D eigenvalue weighted by atomic mass is 10.1. The number of benzene rings is 1. The third kappa shape index (κ3) is 3.54. The first kappa shape index (κ1) is 14.9. The number of nitrogens with one attached hydrogen (secondary N) is 1. The van der Waals surface area contributed by atoms with Gasteiger partial charge in [0.15, 0.2) is 0 Å². The van der Waals surface area contributed by atoms with Gasteiger partial charge in [0.05, 0.1) is 34.8 Å². The van der Waals surface area contributed by atoms with Gasteiger partial charge in [0.1, 0.15) is 5.69 Å². The van der Waals surface area contributed by atoms with E-state index >= 15 is 0 Å². The standard InChI is InChI=1S/C13H13N3O4S/c1-8-15-10(7-21-8)6-14-11-5-9(13(17)20-2)3-4-12(11)16(18)19/h3-5,7,14H,6H2,1-2H3. The molecule has 0 saturated heterocycles. The summed E-state index contributed by atoms with van der Waals surface area (Å²) < 4.78 is 4.61. The number of thiazole rings is 1. The fraction of sp³-hybridized carbons (Fsp3) is 0.231. The molecule has 21 heavy (non-hydrogen) atoms. The summed E-state index contributed by atoms with van der Waals surface area (Å²) in [4.78, 5) is 26.3. The minimum Gasteiger partial charge on any atom is -0.465 e. The number of hydrogen-bond acceptors (Lipinski definition) is 7. The summed E-state index contributed by atoms with van der Waals surface area (Å²) in [6.07, 6.45) is 0. The molecule has 0 atom stereocenters. The Bertz CT molecular complexity index is 684. The lowest BCUT2D eigenvalue weighted by Crippen LogP contribution is -2.06. The Morgan fingerprint density at radius 2 is 2.29 bits per heavy atom. The van der Waals surface area contributed by atoms with E-state index in [4.69, 9.17) is 0 Å². The lowest BCUT2D eigenvalue weighted by Gasteiger charge is -2.07. The van der Waals surface area contributed by atoms with Crippen LogP contribution < -0.4 is 5.32 Å². The number of aromatic nitrogens is 1. The Morgan fingerprint density at radius 3 is 2.86 bits per heavy atom. The van der Waals surface area contributed by atoms with Gasteiger partial charge in [0.25, 0.3) is 5.69 Å². The first-order valence-electron chi connectivity index (χ1n) is 6.03. The normalized spacial score (nSPS) is 10.2. The monoisotopic (exact) mass is 307 g/mol. The minimum absolute atomic E-state index is 0.102. The van der Waals surface area contributed by atoms with Crippen molar-refractivity contribution in [3.63, 3.8) is 0 Å². The topological polar surface area (TPSA) is 94.4 Å². The van der Waals surface area contributed by atoms with Gasteiger partial charge in [-0.15, -0.1) is 11.3 Å². The van der Waals surface area contributed by atoms with E-state index in [1.807, 2.05) is 12.3 Å². The van der Waals surface area contributed by atoms with Crippen LogP contribution in [0.4, 0.5) is 11.4 Å². The quantitative estimate of drug-likeness (QED) is 0.518. The van der Waals surface area contributed by atoms with Crippen LogP contribution in [0.5, 0.6) is 0 Å². The zero-order valence-electron chi connectivity index (χ0n) is 11.5. The highest BCUT2D eigenvalue weighted by Crippen LogP contribution is 2.26. The molecule has 2 aromatic rings. The van der Waals surface area contributed by atoms with E-state index in [1.165, 1.54) is 36.6 Å². The van der Waals surface area contributed by atoms with Crippen molar-refractivity contribution in [2.24, 2.45) is 0 Å². The van der Waals surface area contributed by atoms with Crippen LogP contribution in [0.1, 0.15) is 21.1 Å². The molecule has 0 spiro atoms. The van der Waals surface area contributed by atoms with Gasteiger partial charge in [-0.3, -0.25) is 10.1 Å². The maximum absolute atomic E-state index is 11.5. The summed E-state index contributed by atoms with van der Waals surface area (Å²) in [6.45, 7) is 2.23. The number of rotatable bonds is 5. The number of aryl methyl sites for hydroxylation is 1. The fourth-order valence-electron chi connectivity index (χ4n) is 1.76. The van der Waals surface area contributed by atoms with Gasteiger partial charge in [-0.2, -0.15) is 0 Å². The van der Waals surface area contributed by atoms with Crippen molar-refractivity contribution in [1.82, 2.24) is 4.98 Å². The summed E-state index contributed by atoms with van der Waals surface area (Å²) in [5, 5.41) is 16.8. The number of ether oxygens (including phenoxy) is 1. The number of carbonyl (C=O) groups is 1. The molecule has 0 saturated carbocycles. The Hall–Kier alpha value is -2.48. The molecule has 8 heteroatoms. The Balaban J connectivity index is 2.25. The third-order valence-electron chi connectivity index (χ3n) is 2.74. The maximum atomic E-state index is 11.5. The third-order valence-corrected chi connectivity index (χ3v) is 3.56.